The highest BCUT2D eigenvalue weighted by Gasteiger charge is 2.37. The van der Waals surface area contributed by atoms with Gasteiger partial charge in [-0.2, -0.15) is 0 Å². The molecule has 0 radical (unpaired) electrons. The zero-order valence-electron chi connectivity index (χ0n) is 22.3. The van der Waals surface area contributed by atoms with Crippen LogP contribution in [0.4, 0.5) is 5.69 Å². The normalized spacial score (nSPS) is 15.7. The minimum atomic E-state index is -0.301. The van der Waals surface area contributed by atoms with Gasteiger partial charge in [0.25, 0.3) is 5.91 Å². The monoisotopic (exact) mass is 487 g/mol. The van der Waals surface area contributed by atoms with Crippen LogP contribution >= 0.6 is 0 Å². The van der Waals surface area contributed by atoms with Gasteiger partial charge in [0, 0.05) is 12.1 Å². The standard InChI is InChI=1S/C31H37NO4/c1-7-35-28(33)17-21-8-10-23(11-9-21)32-29(34)27-13-12-24(36-27)18-22-19-26-25(16-20(22)2)30(3,4)14-15-31(26,5)6/h8-13,16,19H,7,14-15,17-18H2,1-6H3,(H,32,34). The summed E-state index contributed by atoms with van der Waals surface area (Å²) >= 11 is 0. The first-order valence-corrected chi connectivity index (χ1v) is 12.8. The molecule has 1 amide bonds. The van der Waals surface area contributed by atoms with Gasteiger partial charge in [-0.1, -0.05) is 52.0 Å². The van der Waals surface area contributed by atoms with Crippen LogP contribution in [0.25, 0.3) is 0 Å². The van der Waals surface area contributed by atoms with E-state index in [0.29, 0.717) is 18.7 Å². The summed E-state index contributed by atoms with van der Waals surface area (Å²) in [5.41, 5.74) is 7.17. The molecule has 1 aromatic heterocycles. The lowest BCUT2D eigenvalue weighted by atomic mass is 9.62. The van der Waals surface area contributed by atoms with Gasteiger partial charge in [0.05, 0.1) is 13.0 Å². The fourth-order valence-electron chi connectivity index (χ4n) is 5.02. The Hall–Kier alpha value is -3.34. The number of anilines is 1. The second kappa shape index (κ2) is 9.96. The van der Waals surface area contributed by atoms with Crippen molar-refractivity contribution >= 4 is 17.6 Å². The third kappa shape index (κ3) is 5.56. The Bertz CT molecular complexity index is 1260. The van der Waals surface area contributed by atoms with Crippen molar-refractivity contribution in [3.63, 3.8) is 0 Å². The fraction of sp³-hybridized carbons (Fsp3) is 0.419. The highest BCUT2D eigenvalue weighted by Crippen LogP contribution is 2.46. The van der Waals surface area contributed by atoms with Crippen LogP contribution in [-0.4, -0.2) is 18.5 Å². The molecular weight excluding hydrogens is 450 g/mol. The van der Waals surface area contributed by atoms with Crippen molar-refractivity contribution in [1.82, 2.24) is 0 Å². The van der Waals surface area contributed by atoms with Gasteiger partial charge in [-0.05, 0) is 89.6 Å². The van der Waals surface area contributed by atoms with Crippen molar-refractivity contribution < 1.29 is 18.7 Å². The average molecular weight is 488 g/mol. The molecule has 1 N–H and O–H groups in total. The maximum absolute atomic E-state index is 12.8. The maximum atomic E-state index is 12.8. The summed E-state index contributed by atoms with van der Waals surface area (Å²) in [7, 11) is 0. The fourth-order valence-corrected chi connectivity index (χ4v) is 5.02. The second-order valence-electron chi connectivity index (χ2n) is 11.2. The SMILES string of the molecule is CCOC(=O)Cc1ccc(NC(=O)c2ccc(Cc3cc4c(cc3C)C(C)(C)CCC4(C)C)o2)cc1. The lowest BCUT2D eigenvalue weighted by Crippen LogP contribution is -2.34. The molecule has 190 valence electrons. The molecule has 0 bridgehead atoms. The predicted molar refractivity (Wildman–Crippen MR) is 143 cm³/mol. The molecule has 0 atom stereocenters. The van der Waals surface area contributed by atoms with E-state index in [1.807, 2.05) is 18.2 Å². The molecule has 0 aliphatic heterocycles. The van der Waals surface area contributed by atoms with Crippen LogP contribution < -0.4 is 5.32 Å². The zero-order chi connectivity index (χ0) is 26.1. The third-order valence-electron chi connectivity index (χ3n) is 7.43. The number of hydrogen-bond donors (Lipinski definition) is 1. The van der Waals surface area contributed by atoms with Gasteiger partial charge in [-0.3, -0.25) is 9.59 Å². The number of hydrogen-bond acceptors (Lipinski definition) is 4. The van der Waals surface area contributed by atoms with Crippen LogP contribution in [0.1, 0.15) is 91.6 Å². The molecule has 0 unspecified atom stereocenters. The van der Waals surface area contributed by atoms with Crippen molar-refractivity contribution in [3.8, 4) is 0 Å². The molecule has 1 aliphatic rings. The second-order valence-corrected chi connectivity index (χ2v) is 11.2. The van der Waals surface area contributed by atoms with E-state index in [1.165, 1.54) is 35.1 Å². The predicted octanol–water partition coefficient (Wildman–Crippen LogP) is 6.89. The number of furan rings is 1. The Morgan fingerprint density at radius 2 is 1.58 bits per heavy atom. The van der Waals surface area contributed by atoms with Crippen molar-refractivity contribution in [1.29, 1.82) is 0 Å². The Morgan fingerprint density at radius 1 is 0.944 bits per heavy atom. The first-order chi connectivity index (χ1) is 17.0. The Balaban J connectivity index is 1.45. The number of fused-ring (bicyclic) bond motifs is 1. The van der Waals surface area contributed by atoms with E-state index in [0.717, 1.165) is 11.3 Å². The van der Waals surface area contributed by atoms with Crippen LogP contribution in [0.5, 0.6) is 0 Å². The van der Waals surface area contributed by atoms with E-state index in [1.54, 1.807) is 25.1 Å². The number of ether oxygens (including phenoxy) is 1. The van der Waals surface area contributed by atoms with Crippen molar-refractivity contribution in [2.24, 2.45) is 0 Å². The highest BCUT2D eigenvalue weighted by atomic mass is 16.5. The van der Waals surface area contributed by atoms with Crippen LogP contribution in [-0.2, 0) is 33.2 Å². The molecule has 2 aromatic carbocycles. The van der Waals surface area contributed by atoms with Gasteiger partial charge >= 0.3 is 5.97 Å². The molecule has 4 rings (SSSR count). The molecule has 0 fully saturated rings. The summed E-state index contributed by atoms with van der Waals surface area (Å²) in [5, 5.41) is 2.86. The van der Waals surface area contributed by atoms with Gasteiger partial charge in [0.15, 0.2) is 5.76 Å². The van der Waals surface area contributed by atoms with Gasteiger partial charge in [-0.25, -0.2) is 0 Å². The van der Waals surface area contributed by atoms with E-state index < -0.39 is 0 Å². The minimum absolute atomic E-state index is 0.146. The number of esters is 1. The van der Waals surface area contributed by atoms with E-state index >= 15 is 0 Å². The third-order valence-corrected chi connectivity index (χ3v) is 7.43. The molecule has 5 nitrogen and oxygen atoms in total. The Kier molecular flexibility index (Phi) is 7.12. The topological polar surface area (TPSA) is 68.5 Å². The van der Waals surface area contributed by atoms with Crippen molar-refractivity contribution in [2.75, 3.05) is 11.9 Å². The minimum Gasteiger partial charge on any atom is -0.466 e. The van der Waals surface area contributed by atoms with Crippen LogP contribution in [0.15, 0.2) is 52.9 Å². The van der Waals surface area contributed by atoms with E-state index in [2.05, 4.69) is 52.1 Å². The van der Waals surface area contributed by atoms with Crippen molar-refractivity contribution in [2.45, 2.75) is 78.1 Å². The summed E-state index contributed by atoms with van der Waals surface area (Å²) in [6, 6.07) is 15.5. The summed E-state index contributed by atoms with van der Waals surface area (Å²) in [4.78, 5) is 24.4. The van der Waals surface area contributed by atoms with Crippen LogP contribution in [0.3, 0.4) is 0 Å². The van der Waals surface area contributed by atoms with Crippen LogP contribution in [0.2, 0.25) is 0 Å². The Labute approximate surface area is 214 Å². The largest absolute Gasteiger partial charge is 0.466 e. The lowest BCUT2D eigenvalue weighted by molar-refractivity contribution is -0.142. The molecule has 1 aliphatic carbocycles. The van der Waals surface area contributed by atoms with Crippen molar-refractivity contribution in [3.05, 3.63) is 87.9 Å². The molecule has 36 heavy (non-hydrogen) atoms. The smallest absolute Gasteiger partial charge is 0.310 e. The quantitative estimate of drug-likeness (QED) is 0.369. The first kappa shape index (κ1) is 25.7. The number of benzene rings is 2. The number of carbonyl (C=O) groups excluding carboxylic acids is 2. The number of nitrogens with one attached hydrogen (secondary N) is 1. The molecule has 0 spiro atoms. The number of amides is 1. The maximum Gasteiger partial charge on any atom is 0.310 e. The number of rotatable bonds is 7. The summed E-state index contributed by atoms with van der Waals surface area (Å²) in [5.74, 6) is 0.474. The zero-order valence-corrected chi connectivity index (χ0v) is 22.3. The molecular formula is C31H37NO4. The molecule has 1 heterocycles. The van der Waals surface area contributed by atoms with E-state index in [4.69, 9.17) is 9.15 Å². The molecule has 3 aromatic rings. The molecule has 0 saturated heterocycles. The average Bonchev–Trinajstić information content (AvgIpc) is 3.28. The number of carbonyl (C=O) groups is 2. The molecule has 0 saturated carbocycles. The van der Waals surface area contributed by atoms with Gasteiger partial charge in [0.1, 0.15) is 5.76 Å². The lowest BCUT2D eigenvalue weighted by Gasteiger charge is -2.42. The summed E-state index contributed by atoms with van der Waals surface area (Å²) < 4.78 is 10.9. The highest BCUT2D eigenvalue weighted by molar-refractivity contribution is 6.02. The van der Waals surface area contributed by atoms with E-state index in [-0.39, 0.29) is 34.9 Å². The molecule has 5 heteroatoms. The summed E-state index contributed by atoms with van der Waals surface area (Å²) in [6.45, 7) is 13.6. The first-order valence-electron chi connectivity index (χ1n) is 12.8. The Morgan fingerprint density at radius 3 is 2.22 bits per heavy atom. The van der Waals surface area contributed by atoms with Gasteiger partial charge in [0.2, 0.25) is 0 Å². The van der Waals surface area contributed by atoms with E-state index in [9.17, 15) is 9.59 Å². The summed E-state index contributed by atoms with van der Waals surface area (Å²) in [6.07, 6.45) is 3.22. The van der Waals surface area contributed by atoms with Gasteiger partial charge in [-0.15, -0.1) is 0 Å². The number of aryl methyl sites for hydroxylation is 1. The van der Waals surface area contributed by atoms with Crippen LogP contribution in [0, 0.1) is 6.92 Å². The van der Waals surface area contributed by atoms with Gasteiger partial charge < -0.3 is 14.5 Å².